The van der Waals surface area contributed by atoms with Crippen molar-refractivity contribution < 1.29 is 14.6 Å². The van der Waals surface area contributed by atoms with Gasteiger partial charge in [-0.25, -0.2) is 4.79 Å². The van der Waals surface area contributed by atoms with E-state index in [2.05, 4.69) is 0 Å². The van der Waals surface area contributed by atoms with E-state index >= 15 is 0 Å². The lowest BCUT2D eigenvalue weighted by Gasteiger charge is -2.09. The number of ether oxygens (including phenoxy) is 1. The molecule has 80 valence electrons. The van der Waals surface area contributed by atoms with Crippen molar-refractivity contribution in [2.45, 2.75) is 39.9 Å². The summed E-state index contributed by atoms with van der Waals surface area (Å²) < 4.78 is 4.75. The van der Waals surface area contributed by atoms with Crippen molar-refractivity contribution in [3.05, 3.63) is 23.8 Å². The number of aliphatic hydroxyl groups excluding tert-OH is 1. The largest absolute Gasteiger partial charge is 0.432 e. The molecule has 3 heteroatoms. The molecule has 0 saturated heterocycles. The second-order valence-corrected chi connectivity index (χ2v) is 2.95. The zero-order chi connectivity index (χ0) is 11.0. The van der Waals surface area contributed by atoms with Crippen LogP contribution >= 0.6 is 0 Å². The number of carbonyl (C=O) groups is 1. The van der Waals surface area contributed by atoms with Crippen LogP contribution in [-0.4, -0.2) is 17.4 Å². The van der Waals surface area contributed by atoms with Crippen LogP contribution in [0, 0.1) is 0 Å². The molecule has 0 rings (SSSR count). The minimum atomic E-state index is -1.04. The van der Waals surface area contributed by atoms with Gasteiger partial charge >= 0.3 is 5.97 Å². The van der Waals surface area contributed by atoms with Gasteiger partial charge in [-0.1, -0.05) is 25.2 Å². The van der Waals surface area contributed by atoms with E-state index in [4.69, 9.17) is 4.74 Å². The van der Waals surface area contributed by atoms with Crippen molar-refractivity contribution in [2.75, 3.05) is 0 Å². The minimum absolute atomic E-state index is 0.344. The van der Waals surface area contributed by atoms with Crippen LogP contribution in [-0.2, 0) is 9.53 Å². The summed E-state index contributed by atoms with van der Waals surface area (Å²) in [5.74, 6) is -0.468. The first-order valence-corrected chi connectivity index (χ1v) is 4.78. The molecule has 14 heavy (non-hydrogen) atoms. The quantitative estimate of drug-likeness (QED) is 0.319. The molecule has 0 saturated carbocycles. The number of hydrogen-bond donors (Lipinski definition) is 1. The molecular formula is C11H18O3. The lowest BCUT2D eigenvalue weighted by Crippen LogP contribution is -2.17. The predicted octanol–water partition coefficient (Wildman–Crippen LogP) is 2.17. The van der Waals surface area contributed by atoms with Crippen molar-refractivity contribution in [3.8, 4) is 0 Å². The molecule has 0 aromatic carbocycles. The fourth-order valence-corrected chi connectivity index (χ4v) is 0.762. The minimum Gasteiger partial charge on any atom is -0.432 e. The van der Waals surface area contributed by atoms with Crippen LogP contribution in [0.15, 0.2) is 23.8 Å². The molecule has 0 bridgehead atoms. The third kappa shape index (κ3) is 5.54. The van der Waals surface area contributed by atoms with Crippen LogP contribution in [0.4, 0.5) is 0 Å². The molecule has 1 unspecified atom stereocenters. The maximum absolute atomic E-state index is 11.1. The Morgan fingerprint density at radius 1 is 1.50 bits per heavy atom. The van der Waals surface area contributed by atoms with E-state index in [0.29, 0.717) is 12.0 Å². The van der Waals surface area contributed by atoms with Crippen molar-refractivity contribution >= 4 is 5.97 Å². The maximum Gasteiger partial charge on any atom is 0.335 e. The predicted molar refractivity (Wildman–Crippen MR) is 55.6 cm³/mol. The molecule has 3 nitrogen and oxygen atoms in total. The number of allylic oxidation sites excluding steroid dienone is 2. The van der Waals surface area contributed by atoms with E-state index in [1.807, 2.05) is 13.0 Å². The van der Waals surface area contributed by atoms with Crippen molar-refractivity contribution in [1.82, 2.24) is 0 Å². The molecule has 0 fully saturated rings. The average molecular weight is 198 g/mol. The fourth-order valence-electron chi connectivity index (χ4n) is 0.762. The van der Waals surface area contributed by atoms with Crippen LogP contribution in [0.2, 0.25) is 0 Å². The van der Waals surface area contributed by atoms with Crippen molar-refractivity contribution in [1.29, 1.82) is 0 Å². The summed E-state index contributed by atoms with van der Waals surface area (Å²) in [4.78, 5) is 11.1. The first-order valence-electron chi connectivity index (χ1n) is 4.78. The number of hydrogen-bond acceptors (Lipinski definition) is 3. The SMILES string of the molecule is C/C=C(\C)C(=O)OC(O)C/C=C/CC. The van der Waals surface area contributed by atoms with Gasteiger partial charge in [0.1, 0.15) is 0 Å². The monoisotopic (exact) mass is 198 g/mol. The van der Waals surface area contributed by atoms with Gasteiger partial charge < -0.3 is 9.84 Å². The lowest BCUT2D eigenvalue weighted by molar-refractivity contribution is -0.162. The smallest absolute Gasteiger partial charge is 0.335 e. The normalized spacial score (nSPS) is 14.4. The second-order valence-electron chi connectivity index (χ2n) is 2.95. The zero-order valence-electron chi connectivity index (χ0n) is 8.99. The van der Waals surface area contributed by atoms with Gasteiger partial charge in [0.25, 0.3) is 0 Å². The third-order valence-corrected chi connectivity index (χ3v) is 1.74. The highest BCUT2D eigenvalue weighted by atomic mass is 16.6. The fraction of sp³-hybridized carbons (Fsp3) is 0.545. The van der Waals surface area contributed by atoms with Crippen LogP contribution in [0.1, 0.15) is 33.6 Å². The van der Waals surface area contributed by atoms with Gasteiger partial charge in [0.15, 0.2) is 0 Å². The molecule has 0 aliphatic heterocycles. The summed E-state index contributed by atoms with van der Waals surface area (Å²) in [6.45, 7) is 5.40. The highest BCUT2D eigenvalue weighted by molar-refractivity contribution is 5.87. The summed E-state index contributed by atoms with van der Waals surface area (Å²) in [6, 6.07) is 0. The van der Waals surface area contributed by atoms with Crippen molar-refractivity contribution in [3.63, 3.8) is 0 Å². The molecule has 0 aliphatic carbocycles. The summed E-state index contributed by atoms with van der Waals surface area (Å²) in [5.41, 5.74) is 0.503. The molecule has 1 atom stereocenters. The molecule has 0 heterocycles. The number of esters is 1. The first-order chi connectivity index (χ1) is 6.61. The standard InChI is InChI=1S/C11H18O3/c1-4-6-7-8-10(12)14-11(13)9(3)5-2/h5-7,10,12H,4,8H2,1-3H3/b7-6+,9-5+. The number of carbonyl (C=O) groups excluding carboxylic acids is 1. The Balaban J connectivity index is 3.88. The summed E-state index contributed by atoms with van der Waals surface area (Å²) >= 11 is 0. The number of aliphatic hydroxyl groups is 1. The van der Waals surface area contributed by atoms with Gasteiger partial charge in [-0.05, 0) is 20.3 Å². The Kier molecular flexibility index (Phi) is 6.76. The molecule has 0 radical (unpaired) electrons. The average Bonchev–Trinajstić information content (AvgIpc) is 2.16. The van der Waals surface area contributed by atoms with Crippen molar-refractivity contribution in [2.24, 2.45) is 0 Å². The Morgan fingerprint density at radius 2 is 2.14 bits per heavy atom. The molecular weight excluding hydrogens is 180 g/mol. The maximum atomic E-state index is 11.1. The van der Waals surface area contributed by atoms with Gasteiger partial charge in [-0.3, -0.25) is 0 Å². The summed E-state index contributed by atoms with van der Waals surface area (Å²) in [6.07, 6.45) is 5.57. The van der Waals surface area contributed by atoms with Crippen LogP contribution in [0.25, 0.3) is 0 Å². The highest BCUT2D eigenvalue weighted by Gasteiger charge is 2.10. The Hall–Kier alpha value is -1.09. The summed E-state index contributed by atoms with van der Waals surface area (Å²) in [5, 5.41) is 9.27. The number of rotatable bonds is 5. The van der Waals surface area contributed by atoms with Crippen LogP contribution < -0.4 is 0 Å². The highest BCUT2D eigenvalue weighted by Crippen LogP contribution is 2.02. The third-order valence-electron chi connectivity index (χ3n) is 1.74. The zero-order valence-corrected chi connectivity index (χ0v) is 8.99. The Morgan fingerprint density at radius 3 is 2.64 bits per heavy atom. The molecule has 1 N–H and O–H groups in total. The molecule has 0 spiro atoms. The van der Waals surface area contributed by atoms with Gasteiger partial charge in [-0.15, -0.1) is 0 Å². The van der Waals surface area contributed by atoms with Crippen LogP contribution in [0.3, 0.4) is 0 Å². The van der Waals surface area contributed by atoms with Gasteiger partial charge in [-0.2, -0.15) is 0 Å². The lowest BCUT2D eigenvalue weighted by atomic mass is 10.3. The Bertz CT molecular complexity index is 229. The molecule has 0 aromatic rings. The topological polar surface area (TPSA) is 46.5 Å². The van der Waals surface area contributed by atoms with E-state index in [0.717, 1.165) is 6.42 Å². The molecule has 0 aliphatic rings. The van der Waals surface area contributed by atoms with E-state index in [9.17, 15) is 9.90 Å². The van der Waals surface area contributed by atoms with E-state index in [1.54, 1.807) is 26.0 Å². The second kappa shape index (κ2) is 7.33. The summed E-state index contributed by atoms with van der Waals surface area (Å²) in [7, 11) is 0. The van der Waals surface area contributed by atoms with E-state index in [1.165, 1.54) is 0 Å². The van der Waals surface area contributed by atoms with Gasteiger partial charge in [0.2, 0.25) is 6.29 Å². The van der Waals surface area contributed by atoms with E-state index in [-0.39, 0.29) is 0 Å². The Labute approximate surface area is 85.1 Å². The van der Waals surface area contributed by atoms with Gasteiger partial charge in [0, 0.05) is 12.0 Å². The van der Waals surface area contributed by atoms with E-state index < -0.39 is 12.3 Å². The molecule has 0 aromatic heterocycles. The van der Waals surface area contributed by atoms with Gasteiger partial charge in [0.05, 0.1) is 0 Å². The van der Waals surface area contributed by atoms with Crippen LogP contribution in [0.5, 0.6) is 0 Å². The first kappa shape index (κ1) is 12.9. The molecule has 0 amide bonds.